The number of nitrogens with zero attached hydrogens (tertiary/aromatic N) is 3. The molecule has 2 aromatic heterocycles. The van der Waals surface area contributed by atoms with E-state index in [0.29, 0.717) is 5.56 Å². The quantitative estimate of drug-likeness (QED) is 0.777. The molecule has 2 N–H and O–H groups in total. The topological polar surface area (TPSA) is 73.9 Å². The van der Waals surface area contributed by atoms with E-state index in [1.54, 1.807) is 6.20 Å². The molecule has 0 unspecified atom stereocenters. The molecule has 3 aromatic rings. The third kappa shape index (κ3) is 2.82. The molecule has 0 radical (unpaired) electrons. The fourth-order valence-electron chi connectivity index (χ4n) is 3.07. The number of amides is 1. The van der Waals surface area contributed by atoms with Gasteiger partial charge in [-0.1, -0.05) is 0 Å². The van der Waals surface area contributed by atoms with E-state index in [4.69, 9.17) is 0 Å². The van der Waals surface area contributed by atoms with Gasteiger partial charge in [-0.25, -0.2) is 9.97 Å². The van der Waals surface area contributed by atoms with Gasteiger partial charge >= 0.3 is 0 Å². The highest BCUT2D eigenvalue weighted by Crippen LogP contribution is 2.20. The van der Waals surface area contributed by atoms with Crippen LogP contribution in [0.1, 0.15) is 29.0 Å². The van der Waals surface area contributed by atoms with Crippen LogP contribution >= 0.6 is 0 Å². The average Bonchev–Trinajstić information content (AvgIpc) is 3.23. The molecule has 0 saturated carbocycles. The second kappa shape index (κ2) is 5.96. The molecule has 0 spiro atoms. The number of aromatic amines is 1. The number of hydrogen-bond acceptors (Lipinski definition) is 4. The Balaban J connectivity index is 1.50. The van der Waals surface area contributed by atoms with Gasteiger partial charge in [-0.3, -0.25) is 4.79 Å². The number of hydrogen-bond donors (Lipinski definition) is 2. The van der Waals surface area contributed by atoms with Crippen molar-refractivity contribution in [2.45, 2.75) is 19.8 Å². The van der Waals surface area contributed by atoms with Crippen LogP contribution in [-0.4, -0.2) is 33.9 Å². The van der Waals surface area contributed by atoms with Crippen molar-refractivity contribution in [1.82, 2.24) is 15.0 Å². The number of carbonyl (C=O) groups excluding carboxylic acids is 1. The van der Waals surface area contributed by atoms with Gasteiger partial charge in [-0.05, 0) is 50.1 Å². The first-order valence-corrected chi connectivity index (χ1v) is 8.18. The van der Waals surface area contributed by atoms with Crippen LogP contribution in [0.4, 0.5) is 11.5 Å². The zero-order valence-electron chi connectivity index (χ0n) is 13.5. The fourth-order valence-corrected chi connectivity index (χ4v) is 3.07. The van der Waals surface area contributed by atoms with Crippen LogP contribution in [-0.2, 0) is 0 Å². The molecule has 0 aliphatic carbocycles. The predicted octanol–water partition coefficient (Wildman–Crippen LogP) is 3.12. The molecule has 1 aliphatic rings. The maximum atomic E-state index is 12.4. The molecule has 4 rings (SSSR count). The number of benzene rings is 1. The molecule has 24 heavy (non-hydrogen) atoms. The third-order valence-electron chi connectivity index (χ3n) is 4.30. The van der Waals surface area contributed by atoms with Gasteiger partial charge in [0.2, 0.25) is 0 Å². The summed E-state index contributed by atoms with van der Waals surface area (Å²) in [7, 11) is 0. The van der Waals surface area contributed by atoms with E-state index in [-0.39, 0.29) is 5.91 Å². The van der Waals surface area contributed by atoms with Crippen molar-refractivity contribution in [3.63, 3.8) is 0 Å². The molecule has 1 aromatic carbocycles. The first-order valence-electron chi connectivity index (χ1n) is 8.18. The molecule has 1 amide bonds. The summed E-state index contributed by atoms with van der Waals surface area (Å²) >= 11 is 0. The van der Waals surface area contributed by atoms with Crippen molar-refractivity contribution in [2.24, 2.45) is 0 Å². The van der Waals surface area contributed by atoms with E-state index in [0.717, 1.165) is 41.5 Å². The van der Waals surface area contributed by atoms with E-state index in [1.165, 1.54) is 12.8 Å². The lowest BCUT2D eigenvalue weighted by molar-refractivity contribution is 0.102. The van der Waals surface area contributed by atoms with E-state index in [2.05, 4.69) is 25.2 Å². The Hall–Kier alpha value is -2.89. The van der Waals surface area contributed by atoms with Crippen LogP contribution in [0.25, 0.3) is 11.0 Å². The van der Waals surface area contributed by atoms with E-state index in [1.807, 2.05) is 37.3 Å². The number of anilines is 2. The highest BCUT2D eigenvalue weighted by atomic mass is 16.1. The number of aryl methyl sites for hydroxylation is 1. The van der Waals surface area contributed by atoms with Crippen molar-refractivity contribution in [3.05, 3.63) is 47.9 Å². The summed E-state index contributed by atoms with van der Waals surface area (Å²) in [6, 6.07) is 9.38. The average molecular weight is 321 g/mol. The van der Waals surface area contributed by atoms with Crippen LogP contribution in [0.5, 0.6) is 0 Å². The first kappa shape index (κ1) is 14.7. The molecule has 1 saturated heterocycles. The summed E-state index contributed by atoms with van der Waals surface area (Å²) in [6.07, 6.45) is 4.06. The van der Waals surface area contributed by atoms with Gasteiger partial charge in [0.25, 0.3) is 5.91 Å². The van der Waals surface area contributed by atoms with E-state index in [9.17, 15) is 4.79 Å². The second-order valence-electron chi connectivity index (χ2n) is 6.11. The van der Waals surface area contributed by atoms with Gasteiger partial charge in [-0.2, -0.15) is 0 Å². The lowest BCUT2D eigenvalue weighted by atomic mass is 10.2. The molecule has 6 nitrogen and oxygen atoms in total. The molecule has 122 valence electrons. The summed E-state index contributed by atoms with van der Waals surface area (Å²) in [5.74, 6) is 1.64. The van der Waals surface area contributed by atoms with E-state index < -0.39 is 0 Å². The van der Waals surface area contributed by atoms with Crippen LogP contribution in [0, 0.1) is 6.92 Å². The number of carbonyl (C=O) groups is 1. The maximum absolute atomic E-state index is 12.4. The zero-order chi connectivity index (χ0) is 16.5. The van der Waals surface area contributed by atoms with Gasteiger partial charge in [0.15, 0.2) is 0 Å². The van der Waals surface area contributed by atoms with Gasteiger partial charge in [-0.15, -0.1) is 0 Å². The maximum Gasteiger partial charge on any atom is 0.257 e. The summed E-state index contributed by atoms with van der Waals surface area (Å²) in [5.41, 5.74) is 3.09. The Morgan fingerprint density at radius 1 is 1.21 bits per heavy atom. The lowest BCUT2D eigenvalue weighted by Crippen LogP contribution is -2.19. The lowest BCUT2D eigenvalue weighted by Gasteiger charge is -2.16. The number of fused-ring (bicyclic) bond motifs is 1. The Morgan fingerprint density at radius 2 is 2.04 bits per heavy atom. The number of pyridine rings is 1. The molecular formula is C18H19N5O. The summed E-state index contributed by atoms with van der Waals surface area (Å²) in [5, 5.41) is 2.91. The van der Waals surface area contributed by atoms with Crippen molar-refractivity contribution >= 4 is 28.4 Å². The van der Waals surface area contributed by atoms with Crippen molar-refractivity contribution in [2.75, 3.05) is 23.3 Å². The molecule has 3 heterocycles. The van der Waals surface area contributed by atoms with Gasteiger partial charge in [0.05, 0.1) is 16.6 Å². The van der Waals surface area contributed by atoms with E-state index >= 15 is 0 Å². The molecule has 6 heteroatoms. The van der Waals surface area contributed by atoms with Gasteiger partial charge < -0.3 is 15.2 Å². The minimum Gasteiger partial charge on any atom is -0.357 e. The number of H-pyrrole nitrogens is 1. The monoisotopic (exact) mass is 321 g/mol. The van der Waals surface area contributed by atoms with Crippen molar-refractivity contribution in [3.8, 4) is 0 Å². The highest BCUT2D eigenvalue weighted by molar-refractivity contribution is 6.04. The molecule has 0 bridgehead atoms. The molecule has 1 aliphatic heterocycles. The highest BCUT2D eigenvalue weighted by Gasteiger charge is 2.14. The molecule has 0 atom stereocenters. The SMILES string of the molecule is Cc1nc2ccc(NC(=O)c3ccc(N4CCCC4)nc3)cc2[nH]1. The normalized spacial score (nSPS) is 14.3. The van der Waals surface area contributed by atoms with Crippen LogP contribution < -0.4 is 10.2 Å². The third-order valence-corrected chi connectivity index (χ3v) is 4.30. The van der Waals surface area contributed by atoms with Crippen LogP contribution in [0.3, 0.4) is 0 Å². The number of nitrogens with one attached hydrogen (secondary N) is 2. The Labute approximate surface area is 139 Å². The Kier molecular flexibility index (Phi) is 3.65. The smallest absolute Gasteiger partial charge is 0.257 e. The molecule has 1 fully saturated rings. The molecular weight excluding hydrogens is 302 g/mol. The fraction of sp³-hybridized carbons (Fsp3) is 0.278. The van der Waals surface area contributed by atoms with Crippen LogP contribution in [0.15, 0.2) is 36.5 Å². The minimum atomic E-state index is -0.161. The van der Waals surface area contributed by atoms with Gasteiger partial charge in [0.1, 0.15) is 11.6 Å². The summed E-state index contributed by atoms with van der Waals surface area (Å²) in [6.45, 7) is 4.00. The van der Waals surface area contributed by atoms with Crippen LogP contribution in [0.2, 0.25) is 0 Å². The largest absolute Gasteiger partial charge is 0.357 e. The Bertz CT molecular complexity index is 878. The van der Waals surface area contributed by atoms with Crippen molar-refractivity contribution in [1.29, 1.82) is 0 Å². The second-order valence-corrected chi connectivity index (χ2v) is 6.11. The number of imidazole rings is 1. The number of rotatable bonds is 3. The first-order chi connectivity index (χ1) is 11.7. The predicted molar refractivity (Wildman–Crippen MR) is 94.5 cm³/mol. The standard InChI is InChI=1S/C18H19N5O/c1-12-20-15-6-5-14(10-16(15)21-12)22-18(24)13-4-7-17(19-11-13)23-8-2-3-9-23/h4-7,10-11H,2-3,8-9H2,1H3,(H,20,21)(H,22,24). The van der Waals surface area contributed by atoms with Gasteiger partial charge in [0, 0.05) is 25.0 Å². The summed E-state index contributed by atoms with van der Waals surface area (Å²) in [4.78, 5) is 26.6. The summed E-state index contributed by atoms with van der Waals surface area (Å²) < 4.78 is 0. The Morgan fingerprint density at radius 3 is 2.79 bits per heavy atom. The number of aromatic nitrogens is 3. The minimum absolute atomic E-state index is 0.161. The van der Waals surface area contributed by atoms with Crippen molar-refractivity contribution < 1.29 is 4.79 Å². The zero-order valence-corrected chi connectivity index (χ0v) is 13.5.